The van der Waals surface area contributed by atoms with Crippen LogP contribution in [0.5, 0.6) is 0 Å². The Bertz CT molecular complexity index is 1120. The predicted octanol–water partition coefficient (Wildman–Crippen LogP) is 0.424. The fraction of sp³-hybridized carbons (Fsp3) is 0.333. The summed E-state index contributed by atoms with van der Waals surface area (Å²) in [4.78, 5) is 23.7. The molecule has 28 heavy (non-hydrogen) atoms. The third-order valence-electron chi connectivity index (χ3n) is 5.54. The molecule has 0 amide bonds. The molecule has 2 aliphatic rings. The van der Waals surface area contributed by atoms with E-state index in [0.29, 0.717) is 0 Å². The van der Waals surface area contributed by atoms with E-state index in [9.17, 15) is 32.6 Å². The zero-order valence-corrected chi connectivity index (χ0v) is 15.3. The summed E-state index contributed by atoms with van der Waals surface area (Å²) < 4.78 is 43.2. The van der Waals surface area contributed by atoms with Crippen molar-refractivity contribution in [2.24, 2.45) is 11.8 Å². The number of hydrogen-bond donors (Lipinski definition) is 2. The normalized spacial score (nSPS) is 26.8. The minimum Gasteiger partial charge on any atom is -0.481 e. The van der Waals surface area contributed by atoms with Crippen LogP contribution in [0, 0.1) is 17.7 Å². The lowest BCUT2D eigenvalue weighted by molar-refractivity contribution is -0.144. The largest absolute Gasteiger partial charge is 0.481 e. The first kappa shape index (κ1) is 18.8. The molecule has 8 nitrogen and oxygen atoms in total. The highest BCUT2D eigenvalue weighted by Crippen LogP contribution is 2.50. The van der Waals surface area contributed by atoms with Gasteiger partial charge in [0, 0.05) is 36.9 Å². The number of nitrogens with zero attached hydrogens (tertiary/aromatic N) is 2. The number of sulfonamides is 1. The highest BCUT2D eigenvalue weighted by atomic mass is 32.2. The number of fused-ring (bicyclic) bond motifs is 4. The Morgan fingerprint density at radius 3 is 2.54 bits per heavy atom. The molecule has 2 aromatic rings. The van der Waals surface area contributed by atoms with Crippen molar-refractivity contribution in [2.75, 3.05) is 6.61 Å². The monoisotopic (exact) mass is 408 g/mol. The summed E-state index contributed by atoms with van der Waals surface area (Å²) in [6.45, 7) is -0.696. The molecule has 2 N–H and O–H groups in total. The molecule has 1 aromatic heterocycles. The van der Waals surface area contributed by atoms with Gasteiger partial charge >= 0.3 is 5.97 Å². The second kappa shape index (κ2) is 6.50. The van der Waals surface area contributed by atoms with E-state index in [2.05, 4.69) is 0 Å². The van der Waals surface area contributed by atoms with Crippen molar-refractivity contribution in [2.45, 2.75) is 23.5 Å². The Balaban J connectivity index is 1.97. The predicted molar refractivity (Wildman–Crippen MR) is 94.4 cm³/mol. The summed E-state index contributed by atoms with van der Waals surface area (Å²) >= 11 is 0. The number of carboxylic acid groups (broad SMARTS) is 1. The molecule has 0 aliphatic carbocycles. The number of aromatic nitrogens is 1. The number of aliphatic carboxylic acids is 1. The molecule has 4 rings (SSSR count). The second-order valence-electron chi connectivity index (χ2n) is 6.89. The Morgan fingerprint density at radius 2 is 1.89 bits per heavy atom. The molecule has 0 saturated carbocycles. The van der Waals surface area contributed by atoms with Crippen LogP contribution in [-0.2, 0) is 21.4 Å². The highest BCUT2D eigenvalue weighted by Gasteiger charge is 2.60. The minimum atomic E-state index is -4.43. The molecule has 1 aromatic carbocycles. The van der Waals surface area contributed by atoms with Crippen LogP contribution < -0.4 is 5.56 Å². The van der Waals surface area contributed by atoms with E-state index in [0.717, 1.165) is 16.4 Å². The average molecular weight is 408 g/mol. The van der Waals surface area contributed by atoms with Gasteiger partial charge < -0.3 is 14.8 Å². The fourth-order valence-corrected chi connectivity index (χ4v) is 6.29. The van der Waals surface area contributed by atoms with E-state index < -0.39 is 62.8 Å². The SMILES string of the molecule is O=C(O)[C@H]1[C@H](CO)[C@H]2Cn3c(cccc3=O)[C@@H]1N2S(=O)(=O)c1ccccc1F. The van der Waals surface area contributed by atoms with Crippen LogP contribution in [0.4, 0.5) is 4.39 Å². The van der Waals surface area contributed by atoms with Crippen LogP contribution in [0.3, 0.4) is 0 Å². The van der Waals surface area contributed by atoms with Crippen molar-refractivity contribution >= 4 is 16.0 Å². The van der Waals surface area contributed by atoms with Crippen molar-refractivity contribution in [3.63, 3.8) is 0 Å². The number of aliphatic hydroxyl groups is 1. The summed E-state index contributed by atoms with van der Waals surface area (Å²) in [5.41, 5.74) is -0.176. The van der Waals surface area contributed by atoms with Gasteiger partial charge in [-0.2, -0.15) is 4.31 Å². The van der Waals surface area contributed by atoms with Gasteiger partial charge in [0.25, 0.3) is 5.56 Å². The topological polar surface area (TPSA) is 117 Å². The molecule has 0 unspecified atom stereocenters. The molecule has 1 fully saturated rings. The van der Waals surface area contributed by atoms with Gasteiger partial charge in [0.05, 0.1) is 12.0 Å². The number of rotatable bonds is 4. The van der Waals surface area contributed by atoms with Gasteiger partial charge in [-0.15, -0.1) is 0 Å². The third-order valence-corrected chi connectivity index (χ3v) is 7.48. The third kappa shape index (κ3) is 2.52. The van der Waals surface area contributed by atoms with E-state index in [1.165, 1.54) is 34.9 Å². The number of halogens is 1. The number of carboxylic acids is 1. The number of carbonyl (C=O) groups is 1. The van der Waals surface area contributed by atoms with E-state index in [1.54, 1.807) is 0 Å². The zero-order valence-electron chi connectivity index (χ0n) is 14.5. The maximum Gasteiger partial charge on any atom is 0.308 e. The number of hydrogen-bond acceptors (Lipinski definition) is 5. The molecular weight excluding hydrogens is 391 g/mol. The summed E-state index contributed by atoms with van der Waals surface area (Å²) in [7, 11) is -4.43. The van der Waals surface area contributed by atoms with Gasteiger partial charge in [0.15, 0.2) is 0 Å². The Hall–Kier alpha value is -2.56. The molecule has 10 heteroatoms. The summed E-state index contributed by atoms with van der Waals surface area (Å²) in [6, 6.07) is 6.84. The lowest BCUT2D eigenvalue weighted by Gasteiger charge is -2.36. The molecule has 2 aliphatic heterocycles. The Morgan fingerprint density at radius 1 is 1.18 bits per heavy atom. The standard InChI is InChI=1S/C18H17FN2O6S/c19-11-4-1-2-6-14(11)28(26,27)21-13-8-20-12(5-3-7-15(20)23)17(21)16(18(24)25)10(13)9-22/h1-7,10,13,16-17,22H,8-9H2,(H,24,25)/t10-,13-,16+,17+/m1/s1. The lowest BCUT2D eigenvalue weighted by Crippen LogP contribution is -2.49. The van der Waals surface area contributed by atoms with Crippen molar-refractivity contribution in [3.8, 4) is 0 Å². The van der Waals surface area contributed by atoms with Gasteiger partial charge in [-0.1, -0.05) is 18.2 Å². The summed E-state index contributed by atoms with van der Waals surface area (Å²) in [5, 5.41) is 19.6. The number of aliphatic hydroxyl groups excluding tert-OH is 1. The van der Waals surface area contributed by atoms with E-state index in [1.807, 2.05) is 0 Å². The second-order valence-corrected chi connectivity index (χ2v) is 8.70. The first-order valence-corrected chi connectivity index (χ1v) is 10.0. The van der Waals surface area contributed by atoms with Gasteiger partial charge in [0.2, 0.25) is 10.0 Å². The van der Waals surface area contributed by atoms with Crippen LogP contribution >= 0.6 is 0 Å². The Labute approximate surface area is 159 Å². The smallest absolute Gasteiger partial charge is 0.308 e. The van der Waals surface area contributed by atoms with Gasteiger partial charge in [-0.25, -0.2) is 12.8 Å². The van der Waals surface area contributed by atoms with E-state index >= 15 is 0 Å². The lowest BCUT2D eigenvalue weighted by atomic mass is 9.87. The van der Waals surface area contributed by atoms with Gasteiger partial charge in [-0.3, -0.25) is 9.59 Å². The van der Waals surface area contributed by atoms with Crippen LogP contribution in [-0.4, -0.2) is 46.1 Å². The quantitative estimate of drug-likeness (QED) is 0.758. The van der Waals surface area contributed by atoms with Crippen LogP contribution in [0.15, 0.2) is 52.2 Å². The van der Waals surface area contributed by atoms with Crippen molar-refractivity contribution < 1.29 is 27.8 Å². The highest BCUT2D eigenvalue weighted by molar-refractivity contribution is 7.89. The molecule has 3 heterocycles. The Kier molecular flexibility index (Phi) is 4.36. The van der Waals surface area contributed by atoms with Crippen LogP contribution in [0.2, 0.25) is 0 Å². The molecule has 0 spiro atoms. The van der Waals surface area contributed by atoms with E-state index in [4.69, 9.17) is 0 Å². The minimum absolute atomic E-state index is 0.117. The molecule has 148 valence electrons. The zero-order chi connectivity index (χ0) is 20.2. The molecule has 4 atom stereocenters. The van der Waals surface area contributed by atoms with Crippen LogP contribution in [0.1, 0.15) is 11.7 Å². The fourth-order valence-electron chi connectivity index (χ4n) is 4.38. The van der Waals surface area contributed by atoms with Crippen LogP contribution in [0.25, 0.3) is 0 Å². The number of pyridine rings is 1. The molecule has 2 bridgehead atoms. The van der Waals surface area contributed by atoms with E-state index in [-0.39, 0.29) is 12.2 Å². The maximum absolute atomic E-state index is 14.3. The molecule has 1 saturated heterocycles. The van der Waals surface area contributed by atoms with Crippen molar-refractivity contribution in [1.29, 1.82) is 0 Å². The first-order chi connectivity index (χ1) is 13.3. The number of benzene rings is 1. The maximum atomic E-state index is 14.3. The van der Waals surface area contributed by atoms with Crippen molar-refractivity contribution in [1.82, 2.24) is 8.87 Å². The van der Waals surface area contributed by atoms with Gasteiger partial charge in [-0.05, 0) is 18.2 Å². The van der Waals surface area contributed by atoms with Gasteiger partial charge in [0.1, 0.15) is 10.7 Å². The molecular formula is C18H17FN2O6S. The summed E-state index contributed by atoms with van der Waals surface area (Å²) in [5.74, 6) is -4.45. The average Bonchev–Trinajstić information content (AvgIpc) is 2.91. The first-order valence-electron chi connectivity index (χ1n) is 8.60. The molecule has 0 radical (unpaired) electrons. The summed E-state index contributed by atoms with van der Waals surface area (Å²) in [6.07, 6.45) is 0. The van der Waals surface area contributed by atoms with Crippen molar-refractivity contribution in [3.05, 3.63) is 64.3 Å².